The molecule has 9 heteroatoms. The average Bonchev–Trinajstić information content (AvgIpc) is 2.75. The molecule has 1 fully saturated rings. The lowest BCUT2D eigenvalue weighted by Gasteiger charge is -2.36. The number of benzene rings is 2. The SMILES string of the molecule is [C-]#[N+]c1cc(NC(=O)c2ccc(F)c(C(F)(F)C(=C)N3CCC(O)CC3)c2)ccc1F. The van der Waals surface area contributed by atoms with Crippen molar-refractivity contribution in [1.29, 1.82) is 0 Å². The van der Waals surface area contributed by atoms with Crippen LogP contribution >= 0.6 is 0 Å². The average molecular weight is 433 g/mol. The third-order valence-electron chi connectivity index (χ3n) is 5.10. The number of carbonyl (C=O) groups is 1. The van der Waals surface area contributed by atoms with E-state index in [-0.39, 0.29) is 30.0 Å². The van der Waals surface area contributed by atoms with Gasteiger partial charge in [0.2, 0.25) is 5.69 Å². The van der Waals surface area contributed by atoms with Gasteiger partial charge in [0, 0.05) is 24.3 Å². The summed E-state index contributed by atoms with van der Waals surface area (Å²) in [6.07, 6.45) is 0.0189. The van der Waals surface area contributed by atoms with Crippen LogP contribution in [-0.2, 0) is 5.92 Å². The summed E-state index contributed by atoms with van der Waals surface area (Å²) < 4.78 is 57.8. The van der Waals surface area contributed by atoms with Crippen LogP contribution in [0.15, 0.2) is 48.7 Å². The molecule has 31 heavy (non-hydrogen) atoms. The van der Waals surface area contributed by atoms with Gasteiger partial charge in [-0.05, 0) is 49.2 Å². The zero-order valence-electron chi connectivity index (χ0n) is 16.3. The summed E-state index contributed by atoms with van der Waals surface area (Å²) in [5.74, 6) is -6.57. The number of halogens is 4. The number of carbonyl (C=O) groups excluding carboxylic acids is 1. The highest BCUT2D eigenvalue weighted by atomic mass is 19.3. The zero-order valence-corrected chi connectivity index (χ0v) is 16.3. The summed E-state index contributed by atoms with van der Waals surface area (Å²) in [6.45, 7) is 10.6. The van der Waals surface area contributed by atoms with Crippen LogP contribution in [0.4, 0.5) is 28.9 Å². The van der Waals surface area contributed by atoms with Gasteiger partial charge >= 0.3 is 5.92 Å². The Hall–Kier alpha value is -3.38. The Kier molecular flexibility index (Phi) is 6.32. The number of alkyl halides is 2. The molecule has 1 saturated heterocycles. The van der Waals surface area contributed by atoms with Crippen LogP contribution < -0.4 is 5.32 Å². The fourth-order valence-electron chi connectivity index (χ4n) is 3.28. The van der Waals surface area contributed by atoms with Crippen molar-refractivity contribution in [1.82, 2.24) is 4.90 Å². The summed E-state index contributed by atoms with van der Waals surface area (Å²) >= 11 is 0. The molecule has 2 N–H and O–H groups in total. The van der Waals surface area contributed by atoms with Crippen LogP contribution in [0.3, 0.4) is 0 Å². The summed E-state index contributed by atoms with van der Waals surface area (Å²) in [7, 11) is 0. The van der Waals surface area contributed by atoms with Crippen LogP contribution in [0.2, 0.25) is 0 Å². The fourth-order valence-corrected chi connectivity index (χ4v) is 3.28. The molecule has 162 valence electrons. The smallest absolute Gasteiger partial charge is 0.314 e. The first-order chi connectivity index (χ1) is 14.6. The number of aliphatic hydroxyl groups excluding tert-OH is 1. The number of likely N-dealkylation sites (tertiary alicyclic amines) is 1. The zero-order chi connectivity index (χ0) is 22.8. The molecule has 0 spiro atoms. The summed E-state index contributed by atoms with van der Waals surface area (Å²) in [5.41, 5.74) is -2.08. The predicted molar refractivity (Wildman–Crippen MR) is 107 cm³/mol. The first kappa shape index (κ1) is 22.3. The second-order valence-corrected chi connectivity index (χ2v) is 7.17. The lowest BCUT2D eigenvalue weighted by molar-refractivity contribution is -0.00882. The first-order valence-corrected chi connectivity index (χ1v) is 9.42. The molecule has 2 aromatic carbocycles. The molecule has 0 unspecified atom stereocenters. The van der Waals surface area contributed by atoms with Gasteiger partial charge in [0.1, 0.15) is 11.6 Å². The quantitative estimate of drug-likeness (QED) is 0.525. The molecule has 0 atom stereocenters. The van der Waals surface area contributed by atoms with E-state index in [2.05, 4.69) is 16.7 Å². The standard InChI is InChI=1S/C22H19F4N3O2/c1-13(29-9-7-16(30)8-10-29)22(25,26)17-11-14(3-5-18(17)23)21(31)28-15-4-6-19(24)20(12-15)27-2/h3-6,11-12,16,30H,1,7-10H2,(H,28,31). The van der Waals surface area contributed by atoms with Gasteiger partial charge in [-0.15, -0.1) is 0 Å². The van der Waals surface area contributed by atoms with Gasteiger partial charge in [-0.25, -0.2) is 13.6 Å². The molecule has 1 heterocycles. The van der Waals surface area contributed by atoms with Gasteiger partial charge in [-0.2, -0.15) is 8.78 Å². The monoisotopic (exact) mass is 433 g/mol. The fraction of sp³-hybridized carbons (Fsp3) is 0.273. The number of nitrogens with one attached hydrogen (secondary N) is 1. The summed E-state index contributed by atoms with van der Waals surface area (Å²) in [4.78, 5) is 16.8. The van der Waals surface area contributed by atoms with Gasteiger partial charge in [-0.1, -0.05) is 6.58 Å². The molecule has 0 bridgehead atoms. The van der Waals surface area contributed by atoms with Gasteiger partial charge in [-0.3, -0.25) is 4.79 Å². The van der Waals surface area contributed by atoms with Crippen molar-refractivity contribution >= 4 is 17.3 Å². The molecule has 0 radical (unpaired) electrons. The molecule has 0 aliphatic carbocycles. The first-order valence-electron chi connectivity index (χ1n) is 9.42. The molecule has 0 saturated carbocycles. The number of allylic oxidation sites excluding steroid dienone is 1. The largest absolute Gasteiger partial charge is 0.393 e. The summed E-state index contributed by atoms with van der Waals surface area (Å²) in [5, 5.41) is 11.9. The van der Waals surface area contributed by atoms with E-state index in [0.717, 1.165) is 30.3 Å². The third kappa shape index (κ3) is 4.70. The molecule has 0 aromatic heterocycles. The number of nitrogens with zero attached hydrogens (tertiary/aromatic N) is 2. The maximum atomic E-state index is 15.1. The maximum absolute atomic E-state index is 15.1. The number of hydrogen-bond acceptors (Lipinski definition) is 3. The normalized spacial score (nSPS) is 14.8. The van der Waals surface area contributed by atoms with Gasteiger partial charge < -0.3 is 15.3 Å². The lowest BCUT2D eigenvalue weighted by atomic mass is 9.99. The number of amides is 1. The number of aliphatic hydroxyl groups is 1. The molecular weight excluding hydrogens is 414 g/mol. The van der Waals surface area contributed by atoms with E-state index >= 15 is 8.78 Å². The second-order valence-electron chi connectivity index (χ2n) is 7.17. The minimum atomic E-state index is -3.78. The number of piperidine rings is 1. The Morgan fingerprint density at radius 1 is 1.16 bits per heavy atom. The molecule has 3 rings (SSSR count). The topological polar surface area (TPSA) is 56.9 Å². The Morgan fingerprint density at radius 3 is 2.45 bits per heavy atom. The van der Waals surface area contributed by atoms with Crippen LogP contribution in [0.1, 0.15) is 28.8 Å². The Bertz CT molecular complexity index is 1060. The van der Waals surface area contributed by atoms with E-state index in [0.29, 0.717) is 12.8 Å². The van der Waals surface area contributed by atoms with Crippen molar-refractivity contribution in [3.63, 3.8) is 0 Å². The van der Waals surface area contributed by atoms with Crippen molar-refractivity contribution in [3.05, 3.63) is 82.9 Å². The van der Waals surface area contributed by atoms with E-state index in [4.69, 9.17) is 6.57 Å². The highest BCUT2D eigenvalue weighted by Gasteiger charge is 2.41. The van der Waals surface area contributed by atoms with Crippen LogP contribution in [0, 0.1) is 18.2 Å². The summed E-state index contributed by atoms with van der Waals surface area (Å²) in [6, 6.07) is 5.87. The number of hydrogen-bond donors (Lipinski definition) is 2. The minimum absolute atomic E-state index is 0.0892. The minimum Gasteiger partial charge on any atom is -0.393 e. The number of anilines is 1. The highest BCUT2D eigenvalue weighted by Crippen LogP contribution is 2.39. The van der Waals surface area contributed by atoms with E-state index in [1.54, 1.807) is 0 Å². The molecular formula is C22H19F4N3O2. The second kappa shape index (κ2) is 8.78. The van der Waals surface area contributed by atoms with Crippen LogP contribution in [0.25, 0.3) is 4.85 Å². The Balaban J connectivity index is 1.84. The van der Waals surface area contributed by atoms with E-state index in [1.807, 2.05) is 0 Å². The van der Waals surface area contributed by atoms with Gasteiger partial charge in [0.25, 0.3) is 5.91 Å². The van der Waals surface area contributed by atoms with Crippen molar-refractivity contribution in [2.24, 2.45) is 0 Å². The van der Waals surface area contributed by atoms with E-state index in [9.17, 15) is 18.7 Å². The van der Waals surface area contributed by atoms with E-state index < -0.39 is 40.8 Å². The Labute approximate surface area is 176 Å². The van der Waals surface area contributed by atoms with Gasteiger partial charge in [0.15, 0.2) is 0 Å². The van der Waals surface area contributed by atoms with Crippen LogP contribution in [0.5, 0.6) is 0 Å². The van der Waals surface area contributed by atoms with Crippen LogP contribution in [-0.4, -0.2) is 35.1 Å². The predicted octanol–water partition coefficient (Wildman–Crippen LogP) is 4.83. The lowest BCUT2D eigenvalue weighted by Crippen LogP contribution is -2.40. The number of rotatable bonds is 5. The van der Waals surface area contributed by atoms with Crippen molar-refractivity contribution in [2.45, 2.75) is 24.9 Å². The van der Waals surface area contributed by atoms with Crippen molar-refractivity contribution in [2.75, 3.05) is 18.4 Å². The molecule has 1 amide bonds. The third-order valence-corrected chi connectivity index (χ3v) is 5.10. The molecule has 1 aliphatic heterocycles. The Morgan fingerprint density at radius 2 is 1.81 bits per heavy atom. The van der Waals surface area contributed by atoms with Crippen molar-refractivity contribution < 1.29 is 27.5 Å². The highest BCUT2D eigenvalue weighted by molar-refractivity contribution is 6.04. The maximum Gasteiger partial charge on any atom is 0.314 e. The van der Waals surface area contributed by atoms with E-state index in [1.165, 1.54) is 11.0 Å². The molecule has 2 aromatic rings. The molecule has 5 nitrogen and oxygen atoms in total. The van der Waals surface area contributed by atoms with Crippen molar-refractivity contribution in [3.8, 4) is 0 Å². The molecule has 1 aliphatic rings. The van der Waals surface area contributed by atoms with Gasteiger partial charge in [0.05, 0.1) is 23.9 Å².